The lowest BCUT2D eigenvalue weighted by Gasteiger charge is -2.19. The van der Waals surface area contributed by atoms with Gasteiger partial charge in [0.15, 0.2) is 11.6 Å². The summed E-state index contributed by atoms with van der Waals surface area (Å²) in [5, 5.41) is 9.32. The second-order valence-corrected chi connectivity index (χ2v) is 3.77. The standard InChI is InChI=1S/C9H12FNO/c1-9(2,3)6-4-11-5-7(10)8(6)12/h4-5H,1-3H3,(H,11,12). The number of nitrogens with zero attached hydrogens (tertiary/aromatic N) is 1. The number of aromatic nitrogens is 1. The summed E-state index contributed by atoms with van der Waals surface area (Å²) in [6.45, 7) is 5.68. The van der Waals surface area contributed by atoms with Crippen molar-refractivity contribution in [3.63, 3.8) is 0 Å². The Kier molecular flexibility index (Phi) is 2.04. The molecule has 1 aromatic heterocycles. The minimum Gasteiger partial charge on any atom is -0.505 e. The summed E-state index contributed by atoms with van der Waals surface area (Å²) < 4.78 is 12.8. The van der Waals surface area contributed by atoms with Crippen LogP contribution in [-0.2, 0) is 5.41 Å². The van der Waals surface area contributed by atoms with E-state index in [-0.39, 0.29) is 11.2 Å². The maximum absolute atomic E-state index is 12.8. The minimum absolute atomic E-state index is 0.279. The maximum Gasteiger partial charge on any atom is 0.183 e. The Bertz CT molecular complexity index is 291. The van der Waals surface area contributed by atoms with E-state index in [9.17, 15) is 9.50 Å². The molecule has 2 nitrogen and oxygen atoms in total. The lowest BCUT2D eigenvalue weighted by atomic mass is 9.87. The number of aromatic hydroxyl groups is 1. The second-order valence-electron chi connectivity index (χ2n) is 3.77. The summed E-state index contributed by atoms with van der Waals surface area (Å²) in [5.41, 5.74) is 0.252. The average Bonchev–Trinajstić information content (AvgIpc) is 1.92. The second kappa shape index (κ2) is 2.73. The molecule has 0 saturated heterocycles. The Hall–Kier alpha value is -1.12. The summed E-state index contributed by atoms with van der Waals surface area (Å²) >= 11 is 0. The first-order chi connectivity index (χ1) is 5.43. The Morgan fingerprint density at radius 2 is 1.92 bits per heavy atom. The molecule has 1 aromatic rings. The van der Waals surface area contributed by atoms with Crippen molar-refractivity contribution in [3.8, 4) is 5.75 Å². The molecule has 3 heteroatoms. The van der Waals surface area contributed by atoms with Crippen molar-refractivity contribution in [1.82, 2.24) is 4.98 Å². The van der Waals surface area contributed by atoms with Crippen molar-refractivity contribution in [2.75, 3.05) is 0 Å². The van der Waals surface area contributed by atoms with E-state index < -0.39 is 5.82 Å². The summed E-state index contributed by atoms with van der Waals surface area (Å²) in [6.07, 6.45) is 2.49. The quantitative estimate of drug-likeness (QED) is 0.646. The first kappa shape index (κ1) is 8.97. The predicted molar refractivity (Wildman–Crippen MR) is 44.6 cm³/mol. The highest BCUT2D eigenvalue weighted by molar-refractivity contribution is 5.35. The van der Waals surface area contributed by atoms with Gasteiger partial charge < -0.3 is 5.11 Å². The minimum atomic E-state index is -0.664. The van der Waals surface area contributed by atoms with Crippen molar-refractivity contribution >= 4 is 0 Å². The first-order valence-electron chi connectivity index (χ1n) is 3.76. The van der Waals surface area contributed by atoms with Gasteiger partial charge in [0.2, 0.25) is 0 Å². The first-order valence-corrected chi connectivity index (χ1v) is 3.76. The maximum atomic E-state index is 12.8. The molecule has 66 valence electrons. The highest BCUT2D eigenvalue weighted by Gasteiger charge is 2.20. The van der Waals surface area contributed by atoms with E-state index >= 15 is 0 Å². The molecule has 0 unspecified atom stereocenters. The molecule has 0 radical (unpaired) electrons. The molecule has 0 amide bonds. The summed E-state index contributed by atoms with van der Waals surface area (Å²) in [6, 6.07) is 0. The molecule has 0 aromatic carbocycles. The molecule has 0 aliphatic rings. The molecule has 12 heavy (non-hydrogen) atoms. The van der Waals surface area contributed by atoms with Crippen molar-refractivity contribution in [1.29, 1.82) is 0 Å². The molecule has 1 rings (SSSR count). The van der Waals surface area contributed by atoms with Gasteiger partial charge in [-0.3, -0.25) is 4.98 Å². The van der Waals surface area contributed by atoms with Gasteiger partial charge >= 0.3 is 0 Å². The van der Waals surface area contributed by atoms with E-state index in [1.165, 1.54) is 6.20 Å². The Labute approximate surface area is 71.1 Å². The molecular weight excluding hydrogens is 157 g/mol. The van der Waals surface area contributed by atoms with Gasteiger partial charge in [0.25, 0.3) is 0 Å². The van der Waals surface area contributed by atoms with Crippen LogP contribution in [0, 0.1) is 5.82 Å². The summed E-state index contributed by atoms with van der Waals surface area (Å²) in [7, 11) is 0. The SMILES string of the molecule is CC(C)(C)c1cncc(F)c1O. The van der Waals surface area contributed by atoms with Crippen molar-refractivity contribution < 1.29 is 9.50 Å². The fraction of sp³-hybridized carbons (Fsp3) is 0.444. The van der Waals surface area contributed by atoms with Crippen LogP contribution >= 0.6 is 0 Å². The predicted octanol–water partition coefficient (Wildman–Crippen LogP) is 2.22. The molecule has 1 N–H and O–H groups in total. The third kappa shape index (κ3) is 1.55. The van der Waals surface area contributed by atoms with Gasteiger partial charge in [-0.1, -0.05) is 20.8 Å². The molecule has 0 spiro atoms. The van der Waals surface area contributed by atoms with Crippen LogP contribution in [0.15, 0.2) is 12.4 Å². The lowest BCUT2D eigenvalue weighted by Crippen LogP contribution is -2.12. The molecule has 0 atom stereocenters. The molecular formula is C9H12FNO. The summed E-state index contributed by atoms with van der Waals surface area (Å²) in [4.78, 5) is 3.68. The van der Waals surface area contributed by atoms with Gasteiger partial charge in [0.05, 0.1) is 6.20 Å². The zero-order valence-corrected chi connectivity index (χ0v) is 7.43. The Morgan fingerprint density at radius 1 is 1.33 bits per heavy atom. The van der Waals surface area contributed by atoms with Gasteiger partial charge in [-0.2, -0.15) is 0 Å². The van der Waals surface area contributed by atoms with Gasteiger partial charge in [-0.05, 0) is 5.41 Å². The van der Waals surface area contributed by atoms with E-state index in [0.29, 0.717) is 5.56 Å². The normalized spacial score (nSPS) is 11.7. The lowest BCUT2D eigenvalue weighted by molar-refractivity contribution is 0.407. The van der Waals surface area contributed by atoms with E-state index in [1.54, 1.807) is 0 Å². The van der Waals surface area contributed by atoms with Crippen LogP contribution in [0.3, 0.4) is 0 Å². The molecule has 0 aliphatic heterocycles. The van der Waals surface area contributed by atoms with Crippen LogP contribution in [0.2, 0.25) is 0 Å². The summed E-state index contributed by atoms with van der Waals surface area (Å²) in [5.74, 6) is -0.958. The molecule has 0 bridgehead atoms. The van der Waals surface area contributed by atoms with Crippen LogP contribution in [-0.4, -0.2) is 10.1 Å². The number of halogens is 1. The smallest absolute Gasteiger partial charge is 0.183 e. The molecule has 0 saturated carbocycles. The van der Waals surface area contributed by atoms with Crippen LogP contribution in [0.5, 0.6) is 5.75 Å². The van der Waals surface area contributed by atoms with Crippen LogP contribution in [0.4, 0.5) is 4.39 Å². The van der Waals surface area contributed by atoms with E-state index in [0.717, 1.165) is 6.20 Å². The number of pyridine rings is 1. The molecule has 0 fully saturated rings. The van der Waals surface area contributed by atoms with E-state index in [2.05, 4.69) is 4.98 Å². The van der Waals surface area contributed by atoms with Crippen molar-refractivity contribution in [2.24, 2.45) is 0 Å². The number of hydrogen-bond donors (Lipinski definition) is 1. The van der Waals surface area contributed by atoms with E-state index in [1.807, 2.05) is 20.8 Å². The average molecular weight is 169 g/mol. The zero-order chi connectivity index (χ0) is 9.35. The van der Waals surface area contributed by atoms with Gasteiger partial charge in [-0.25, -0.2) is 4.39 Å². The number of rotatable bonds is 0. The monoisotopic (exact) mass is 169 g/mol. The third-order valence-electron chi connectivity index (χ3n) is 1.68. The van der Waals surface area contributed by atoms with Gasteiger partial charge in [0, 0.05) is 11.8 Å². The topological polar surface area (TPSA) is 33.1 Å². The van der Waals surface area contributed by atoms with Crippen LogP contribution in [0.25, 0.3) is 0 Å². The van der Waals surface area contributed by atoms with Crippen molar-refractivity contribution in [3.05, 3.63) is 23.8 Å². The highest BCUT2D eigenvalue weighted by atomic mass is 19.1. The highest BCUT2D eigenvalue weighted by Crippen LogP contribution is 2.30. The molecule has 1 heterocycles. The molecule has 0 aliphatic carbocycles. The van der Waals surface area contributed by atoms with E-state index in [4.69, 9.17) is 0 Å². The Balaban J connectivity index is 3.26. The Morgan fingerprint density at radius 3 is 2.33 bits per heavy atom. The van der Waals surface area contributed by atoms with Crippen LogP contribution in [0.1, 0.15) is 26.3 Å². The largest absolute Gasteiger partial charge is 0.505 e. The zero-order valence-electron chi connectivity index (χ0n) is 7.43. The fourth-order valence-corrected chi connectivity index (χ4v) is 0.977. The van der Waals surface area contributed by atoms with Gasteiger partial charge in [0.1, 0.15) is 0 Å². The number of hydrogen-bond acceptors (Lipinski definition) is 2. The fourth-order valence-electron chi connectivity index (χ4n) is 0.977. The van der Waals surface area contributed by atoms with Crippen molar-refractivity contribution in [2.45, 2.75) is 26.2 Å². The van der Waals surface area contributed by atoms with Crippen LogP contribution < -0.4 is 0 Å². The third-order valence-corrected chi connectivity index (χ3v) is 1.68. The van der Waals surface area contributed by atoms with Gasteiger partial charge in [-0.15, -0.1) is 0 Å².